The lowest BCUT2D eigenvalue weighted by Crippen LogP contribution is -2.55. The Balaban J connectivity index is 1.80. The highest BCUT2D eigenvalue weighted by Gasteiger charge is 2.26. The number of nitrogens with zero attached hydrogens (tertiary/aromatic N) is 2. The first kappa shape index (κ1) is 19.4. The summed E-state index contributed by atoms with van der Waals surface area (Å²) in [6, 6.07) is 8.08. The molecule has 1 unspecified atom stereocenters. The molecule has 0 spiro atoms. The molecular weight excluding hydrogens is 316 g/mol. The number of carbonyl (C=O) groups excluding carboxylic acids is 2. The molecule has 1 saturated heterocycles. The Hall–Kier alpha value is -1.92. The molecule has 0 saturated carbocycles. The van der Waals surface area contributed by atoms with Crippen molar-refractivity contribution in [1.29, 1.82) is 0 Å². The van der Waals surface area contributed by atoms with Crippen molar-refractivity contribution < 1.29 is 9.59 Å². The first-order valence-electron chi connectivity index (χ1n) is 8.98. The van der Waals surface area contributed by atoms with Crippen LogP contribution in [-0.4, -0.2) is 61.0 Å². The number of piperazine rings is 1. The van der Waals surface area contributed by atoms with Crippen LogP contribution in [0.5, 0.6) is 0 Å². The van der Waals surface area contributed by atoms with Gasteiger partial charge in [-0.3, -0.25) is 19.9 Å². The van der Waals surface area contributed by atoms with Gasteiger partial charge < -0.3 is 5.32 Å². The Morgan fingerprint density at radius 1 is 1.04 bits per heavy atom. The molecule has 1 aromatic carbocycles. The zero-order valence-electron chi connectivity index (χ0n) is 15.7. The summed E-state index contributed by atoms with van der Waals surface area (Å²) in [4.78, 5) is 27.8. The van der Waals surface area contributed by atoms with Gasteiger partial charge in [-0.05, 0) is 24.0 Å². The van der Waals surface area contributed by atoms with Crippen molar-refractivity contribution in [2.45, 2.75) is 39.3 Å². The third kappa shape index (κ3) is 5.54. The van der Waals surface area contributed by atoms with Crippen molar-refractivity contribution >= 4 is 11.9 Å². The van der Waals surface area contributed by atoms with Gasteiger partial charge in [-0.15, -0.1) is 0 Å². The lowest BCUT2D eigenvalue weighted by molar-refractivity contribution is -0.125. The molecule has 25 heavy (non-hydrogen) atoms. The summed E-state index contributed by atoms with van der Waals surface area (Å²) in [5.41, 5.74) is 2.69. The number of hydrogen-bond acceptors (Lipinski definition) is 4. The number of imide groups is 1. The maximum absolute atomic E-state index is 12.0. The average Bonchev–Trinajstić information content (AvgIpc) is 2.62. The number of nitrogens with one attached hydrogen (secondary N) is 2. The molecule has 2 rings (SSSR count). The topological polar surface area (TPSA) is 64.7 Å². The lowest BCUT2D eigenvalue weighted by Gasteiger charge is -2.37. The van der Waals surface area contributed by atoms with Gasteiger partial charge in [0.25, 0.3) is 0 Å². The highest BCUT2D eigenvalue weighted by atomic mass is 16.2. The maximum Gasteiger partial charge on any atom is 0.321 e. The van der Waals surface area contributed by atoms with Crippen LogP contribution in [-0.2, 0) is 11.3 Å². The first-order valence-corrected chi connectivity index (χ1v) is 8.98. The van der Waals surface area contributed by atoms with E-state index in [1.807, 2.05) is 6.92 Å². The Kier molecular flexibility index (Phi) is 6.96. The minimum atomic E-state index is -0.458. The molecule has 0 aliphatic carbocycles. The number of amides is 3. The molecule has 1 aliphatic rings. The Morgan fingerprint density at radius 2 is 1.64 bits per heavy atom. The summed E-state index contributed by atoms with van der Waals surface area (Å²) >= 11 is 0. The van der Waals surface area contributed by atoms with Crippen LogP contribution in [0.3, 0.4) is 0 Å². The lowest BCUT2D eigenvalue weighted by atomic mass is 10.0. The van der Waals surface area contributed by atoms with Gasteiger partial charge in [-0.2, -0.15) is 0 Å². The van der Waals surface area contributed by atoms with Gasteiger partial charge >= 0.3 is 6.03 Å². The van der Waals surface area contributed by atoms with Crippen LogP contribution >= 0.6 is 0 Å². The number of rotatable bonds is 5. The van der Waals surface area contributed by atoms with Crippen molar-refractivity contribution in [3.8, 4) is 0 Å². The van der Waals surface area contributed by atoms with E-state index in [0.29, 0.717) is 5.92 Å². The fourth-order valence-electron chi connectivity index (χ4n) is 3.02. The zero-order valence-corrected chi connectivity index (χ0v) is 15.7. The summed E-state index contributed by atoms with van der Waals surface area (Å²) in [6.07, 6.45) is 0. The van der Waals surface area contributed by atoms with Gasteiger partial charge in [0.1, 0.15) is 0 Å². The molecule has 1 aliphatic heterocycles. The number of hydrogen-bond donors (Lipinski definition) is 2. The van der Waals surface area contributed by atoms with E-state index in [4.69, 9.17) is 0 Å². The molecule has 3 amide bonds. The van der Waals surface area contributed by atoms with Crippen molar-refractivity contribution in [1.82, 2.24) is 20.4 Å². The minimum Gasteiger partial charge on any atom is -0.341 e. The van der Waals surface area contributed by atoms with Gasteiger partial charge in [0.05, 0.1) is 6.04 Å². The molecule has 0 radical (unpaired) electrons. The van der Waals surface area contributed by atoms with E-state index in [9.17, 15) is 9.59 Å². The molecule has 6 nitrogen and oxygen atoms in total. The highest BCUT2D eigenvalue weighted by Crippen LogP contribution is 2.16. The molecule has 1 heterocycles. The van der Waals surface area contributed by atoms with E-state index in [-0.39, 0.29) is 11.9 Å². The quantitative estimate of drug-likeness (QED) is 0.853. The summed E-state index contributed by atoms with van der Waals surface area (Å²) in [6.45, 7) is 10.7. The van der Waals surface area contributed by atoms with Crippen LogP contribution in [0, 0.1) is 0 Å². The molecule has 0 aromatic heterocycles. The second-order valence-corrected chi connectivity index (χ2v) is 6.95. The van der Waals surface area contributed by atoms with Crippen molar-refractivity contribution in [3.63, 3.8) is 0 Å². The average molecular weight is 346 g/mol. The van der Waals surface area contributed by atoms with Crippen molar-refractivity contribution in [2.24, 2.45) is 0 Å². The molecule has 2 N–H and O–H groups in total. The van der Waals surface area contributed by atoms with Gasteiger partial charge in [-0.1, -0.05) is 38.1 Å². The van der Waals surface area contributed by atoms with Crippen LogP contribution in [0.4, 0.5) is 4.79 Å². The molecule has 1 aromatic rings. The largest absolute Gasteiger partial charge is 0.341 e. The van der Waals surface area contributed by atoms with Crippen LogP contribution in [0.25, 0.3) is 0 Å². The summed E-state index contributed by atoms with van der Waals surface area (Å²) in [5, 5.41) is 4.75. The van der Waals surface area contributed by atoms with E-state index in [0.717, 1.165) is 32.7 Å². The predicted molar refractivity (Wildman–Crippen MR) is 99.4 cm³/mol. The van der Waals surface area contributed by atoms with Crippen LogP contribution in [0.15, 0.2) is 24.3 Å². The van der Waals surface area contributed by atoms with Gasteiger partial charge in [0.2, 0.25) is 5.91 Å². The highest BCUT2D eigenvalue weighted by molar-refractivity contribution is 5.96. The van der Waals surface area contributed by atoms with Gasteiger partial charge in [0.15, 0.2) is 0 Å². The summed E-state index contributed by atoms with van der Waals surface area (Å²) in [7, 11) is 1.50. The van der Waals surface area contributed by atoms with Crippen LogP contribution < -0.4 is 10.6 Å². The first-order chi connectivity index (χ1) is 11.9. The van der Waals surface area contributed by atoms with E-state index < -0.39 is 6.03 Å². The van der Waals surface area contributed by atoms with Crippen LogP contribution in [0.1, 0.15) is 37.8 Å². The van der Waals surface area contributed by atoms with E-state index in [1.165, 1.54) is 18.2 Å². The standard InChI is InChI=1S/C19H30N4O2/c1-14(2)17-7-5-16(6-8-17)13-22-9-11-23(12-10-22)15(3)18(24)21-19(25)20-4/h5-8,14-15H,9-13H2,1-4H3,(H2,20,21,24,25). The zero-order chi connectivity index (χ0) is 18.4. The van der Waals surface area contributed by atoms with E-state index in [2.05, 4.69) is 58.5 Å². The number of urea groups is 1. The van der Waals surface area contributed by atoms with Crippen LogP contribution in [0.2, 0.25) is 0 Å². The fourth-order valence-corrected chi connectivity index (χ4v) is 3.02. The summed E-state index contributed by atoms with van der Waals surface area (Å²) < 4.78 is 0. The van der Waals surface area contributed by atoms with E-state index >= 15 is 0 Å². The summed E-state index contributed by atoms with van der Waals surface area (Å²) in [5.74, 6) is 0.303. The van der Waals surface area contributed by atoms with Gasteiger partial charge in [0, 0.05) is 39.8 Å². The van der Waals surface area contributed by atoms with E-state index in [1.54, 1.807) is 0 Å². The third-order valence-corrected chi connectivity index (χ3v) is 4.85. The number of benzene rings is 1. The molecule has 6 heteroatoms. The smallest absolute Gasteiger partial charge is 0.321 e. The fraction of sp³-hybridized carbons (Fsp3) is 0.579. The normalized spacial score (nSPS) is 17.3. The third-order valence-electron chi connectivity index (χ3n) is 4.85. The molecule has 0 bridgehead atoms. The predicted octanol–water partition coefficient (Wildman–Crippen LogP) is 1.77. The Morgan fingerprint density at radius 3 is 2.16 bits per heavy atom. The molecule has 1 fully saturated rings. The monoisotopic (exact) mass is 346 g/mol. The molecule has 1 atom stereocenters. The SMILES string of the molecule is CNC(=O)NC(=O)C(C)N1CCN(Cc2ccc(C(C)C)cc2)CC1. The molecule has 138 valence electrons. The molecular formula is C19H30N4O2. The Bertz CT molecular complexity index is 578. The second kappa shape index (κ2) is 8.97. The number of carbonyl (C=O) groups is 2. The van der Waals surface area contributed by atoms with Crippen molar-refractivity contribution in [3.05, 3.63) is 35.4 Å². The minimum absolute atomic E-state index is 0.253. The van der Waals surface area contributed by atoms with Crippen molar-refractivity contribution in [2.75, 3.05) is 33.2 Å². The maximum atomic E-state index is 12.0. The second-order valence-electron chi connectivity index (χ2n) is 6.95. The Labute approximate surface area is 150 Å². The van der Waals surface area contributed by atoms with Gasteiger partial charge in [-0.25, -0.2) is 4.79 Å².